The van der Waals surface area contributed by atoms with Gasteiger partial charge in [0, 0.05) is 48.3 Å². The number of benzene rings is 8. The summed E-state index contributed by atoms with van der Waals surface area (Å²) in [5, 5.41) is 7.23. The van der Waals surface area contributed by atoms with E-state index in [1.54, 1.807) is 0 Å². The van der Waals surface area contributed by atoms with Gasteiger partial charge in [0.2, 0.25) is 0 Å². The van der Waals surface area contributed by atoms with E-state index in [2.05, 4.69) is 179 Å². The number of para-hydroxylation sites is 4. The second kappa shape index (κ2) is 11.5. The quantitative estimate of drug-likeness (QED) is 0.180. The van der Waals surface area contributed by atoms with Crippen LogP contribution in [0.2, 0.25) is 0 Å². The van der Waals surface area contributed by atoms with Crippen molar-refractivity contribution in [3.8, 4) is 16.8 Å². The molecule has 0 N–H and O–H groups in total. The minimum atomic E-state index is 0.896. The molecule has 52 heavy (non-hydrogen) atoms. The van der Waals surface area contributed by atoms with Crippen molar-refractivity contribution >= 4 is 92.3 Å². The largest absolute Gasteiger partial charge is 0.456 e. The van der Waals surface area contributed by atoms with Gasteiger partial charge in [0.15, 0.2) is 0 Å². The predicted octanol–water partition coefficient (Wildman–Crippen LogP) is 14.2. The first-order valence-corrected chi connectivity index (χ1v) is 18.4. The third-order valence-corrected chi connectivity index (χ3v) is 11.6. The normalized spacial score (nSPS) is 11.8. The Morgan fingerprint density at radius 3 is 2.02 bits per heavy atom. The van der Waals surface area contributed by atoms with Gasteiger partial charge in [-0.3, -0.25) is 0 Å². The molecule has 0 aliphatic rings. The van der Waals surface area contributed by atoms with Crippen molar-refractivity contribution in [2.75, 3.05) is 4.90 Å². The molecule has 244 valence electrons. The summed E-state index contributed by atoms with van der Waals surface area (Å²) in [6, 6.07) is 65.5. The molecule has 11 aromatic rings. The Kier molecular flexibility index (Phi) is 6.42. The molecule has 3 nitrogen and oxygen atoms in total. The van der Waals surface area contributed by atoms with Crippen molar-refractivity contribution in [3.63, 3.8) is 0 Å². The lowest BCUT2D eigenvalue weighted by atomic mass is 9.99. The van der Waals surface area contributed by atoms with E-state index in [9.17, 15) is 0 Å². The highest BCUT2D eigenvalue weighted by molar-refractivity contribution is 7.26. The third kappa shape index (κ3) is 4.31. The van der Waals surface area contributed by atoms with E-state index in [1.165, 1.54) is 42.0 Å². The smallest absolute Gasteiger partial charge is 0.135 e. The van der Waals surface area contributed by atoms with Crippen molar-refractivity contribution in [3.05, 3.63) is 182 Å². The summed E-state index contributed by atoms with van der Waals surface area (Å²) < 4.78 is 11.2. The zero-order valence-corrected chi connectivity index (χ0v) is 28.8. The standard InChI is InChI=1S/C48H30N2OS/c1-2-14-32(15-3-1)49-40-22-9-5-19-37(40)47-41(49)23-13-24-42(47)50(43-25-12-20-36-35-18-7-11-27-46(35)52-48(36)43)39-21-8-4-16-33(39)31-28-29-45-38(30-31)34-17-6-10-26-44(34)51-45/h1-30H. The zero-order chi connectivity index (χ0) is 34.2. The lowest BCUT2D eigenvalue weighted by Crippen LogP contribution is -2.12. The van der Waals surface area contributed by atoms with E-state index in [4.69, 9.17) is 4.42 Å². The Balaban J connectivity index is 1.25. The van der Waals surface area contributed by atoms with E-state index in [1.807, 2.05) is 23.5 Å². The lowest BCUT2D eigenvalue weighted by molar-refractivity contribution is 0.669. The number of anilines is 3. The molecule has 3 aromatic heterocycles. The molecule has 0 bridgehead atoms. The maximum atomic E-state index is 6.25. The van der Waals surface area contributed by atoms with E-state index in [0.29, 0.717) is 0 Å². The molecule has 0 fully saturated rings. The van der Waals surface area contributed by atoms with Crippen LogP contribution in [0.5, 0.6) is 0 Å². The molecule has 0 unspecified atom stereocenters. The molecule has 8 aromatic carbocycles. The SMILES string of the molecule is c1ccc(-n2c3ccccc3c3c(N(c4ccccc4-c4ccc5oc6ccccc6c5c4)c4cccc5c4sc4ccccc45)cccc32)cc1. The molecule has 3 heterocycles. The highest BCUT2D eigenvalue weighted by atomic mass is 32.1. The summed E-state index contributed by atoms with van der Waals surface area (Å²) in [7, 11) is 0. The number of aromatic nitrogens is 1. The molecule has 0 radical (unpaired) electrons. The van der Waals surface area contributed by atoms with Crippen LogP contribution in [-0.2, 0) is 0 Å². The molecule has 0 aliphatic carbocycles. The van der Waals surface area contributed by atoms with Crippen LogP contribution >= 0.6 is 11.3 Å². The average molecular weight is 683 g/mol. The summed E-state index contributed by atoms with van der Waals surface area (Å²) >= 11 is 1.86. The van der Waals surface area contributed by atoms with E-state index in [0.717, 1.165) is 55.8 Å². The van der Waals surface area contributed by atoms with Crippen molar-refractivity contribution in [2.24, 2.45) is 0 Å². The second-order valence-electron chi connectivity index (χ2n) is 13.3. The molecule has 11 rings (SSSR count). The number of hydrogen-bond donors (Lipinski definition) is 0. The minimum absolute atomic E-state index is 0.896. The highest BCUT2D eigenvalue weighted by Crippen LogP contribution is 2.50. The molecular formula is C48H30N2OS. The van der Waals surface area contributed by atoms with Crippen molar-refractivity contribution in [1.29, 1.82) is 0 Å². The number of hydrogen-bond acceptors (Lipinski definition) is 3. The fourth-order valence-electron chi connectivity index (χ4n) is 8.15. The van der Waals surface area contributed by atoms with E-state index >= 15 is 0 Å². The van der Waals surface area contributed by atoms with Crippen LogP contribution in [0.1, 0.15) is 0 Å². The Bertz CT molecular complexity index is 3150. The van der Waals surface area contributed by atoms with Crippen LogP contribution in [0, 0.1) is 0 Å². The average Bonchev–Trinajstić information content (AvgIpc) is 3.89. The molecule has 0 aliphatic heterocycles. The molecule has 0 spiro atoms. The summed E-state index contributed by atoms with van der Waals surface area (Å²) in [5.41, 5.74) is 11.0. The minimum Gasteiger partial charge on any atom is -0.456 e. The van der Waals surface area contributed by atoms with Gasteiger partial charge in [-0.2, -0.15) is 0 Å². The third-order valence-electron chi connectivity index (χ3n) is 10.4. The van der Waals surface area contributed by atoms with Gasteiger partial charge in [-0.1, -0.05) is 115 Å². The summed E-state index contributed by atoms with van der Waals surface area (Å²) in [6.07, 6.45) is 0. The Morgan fingerprint density at radius 1 is 0.442 bits per heavy atom. The number of thiophene rings is 1. The number of nitrogens with zero attached hydrogens (tertiary/aromatic N) is 2. The fourth-order valence-corrected chi connectivity index (χ4v) is 9.35. The van der Waals surface area contributed by atoms with Gasteiger partial charge < -0.3 is 13.9 Å². The summed E-state index contributed by atoms with van der Waals surface area (Å²) in [4.78, 5) is 2.51. The Hall–Kier alpha value is -6.62. The van der Waals surface area contributed by atoms with Crippen LogP contribution in [0.25, 0.3) is 80.7 Å². The first-order chi connectivity index (χ1) is 25.8. The second-order valence-corrected chi connectivity index (χ2v) is 14.3. The fraction of sp³-hybridized carbons (Fsp3) is 0. The van der Waals surface area contributed by atoms with E-state index < -0.39 is 0 Å². The van der Waals surface area contributed by atoms with Crippen molar-refractivity contribution < 1.29 is 4.42 Å². The predicted molar refractivity (Wildman–Crippen MR) is 221 cm³/mol. The monoisotopic (exact) mass is 682 g/mol. The zero-order valence-electron chi connectivity index (χ0n) is 28.0. The van der Waals surface area contributed by atoms with Gasteiger partial charge >= 0.3 is 0 Å². The topological polar surface area (TPSA) is 21.3 Å². The van der Waals surface area contributed by atoms with Gasteiger partial charge in [-0.25, -0.2) is 0 Å². The van der Waals surface area contributed by atoms with Gasteiger partial charge in [0.25, 0.3) is 0 Å². The maximum Gasteiger partial charge on any atom is 0.135 e. The molecule has 4 heteroatoms. The van der Waals surface area contributed by atoms with Crippen LogP contribution in [0.15, 0.2) is 186 Å². The lowest BCUT2D eigenvalue weighted by Gasteiger charge is -2.29. The van der Waals surface area contributed by atoms with Crippen LogP contribution in [0.3, 0.4) is 0 Å². The van der Waals surface area contributed by atoms with Crippen molar-refractivity contribution in [2.45, 2.75) is 0 Å². The van der Waals surface area contributed by atoms with Crippen LogP contribution in [-0.4, -0.2) is 4.57 Å². The van der Waals surface area contributed by atoms with Gasteiger partial charge in [-0.15, -0.1) is 11.3 Å². The Labute approximate surface area is 303 Å². The molecule has 0 saturated carbocycles. The van der Waals surface area contributed by atoms with Gasteiger partial charge in [0.1, 0.15) is 11.2 Å². The molecule has 0 saturated heterocycles. The molecule has 0 amide bonds. The van der Waals surface area contributed by atoms with Crippen LogP contribution < -0.4 is 4.90 Å². The van der Waals surface area contributed by atoms with Gasteiger partial charge in [0.05, 0.1) is 32.8 Å². The first kappa shape index (κ1) is 29.1. The number of furan rings is 1. The summed E-state index contributed by atoms with van der Waals surface area (Å²) in [6.45, 7) is 0. The van der Waals surface area contributed by atoms with Gasteiger partial charge in [-0.05, 0) is 72.3 Å². The summed E-state index contributed by atoms with van der Waals surface area (Å²) in [5.74, 6) is 0. The van der Waals surface area contributed by atoms with E-state index in [-0.39, 0.29) is 0 Å². The van der Waals surface area contributed by atoms with Crippen LogP contribution in [0.4, 0.5) is 17.1 Å². The number of rotatable bonds is 5. The van der Waals surface area contributed by atoms with Crippen molar-refractivity contribution in [1.82, 2.24) is 4.57 Å². The molecule has 0 atom stereocenters. The number of fused-ring (bicyclic) bond motifs is 9. The highest BCUT2D eigenvalue weighted by Gasteiger charge is 2.25. The Morgan fingerprint density at radius 2 is 1.10 bits per heavy atom. The molecular weight excluding hydrogens is 653 g/mol. The first-order valence-electron chi connectivity index (χ1n) is 17.6. The maximum absolute atomic E-state index is 6.25.